The molecule has 0 unspecified atom stereocenters. The SMILES string of the molecule is CCN1CCN(c2ccc(NC(=O)c3ccccc3OCc3cn4cccc(C)c4n3)c(C)c2)CC1. The number of nitrogens with zero attached hydrogens (tertiary/aromatic N) is 4. The van der Waals surface area contributed by atoms with Gasteiger partial charge in [0.15, 0.2) is 0 Å². The van der Waals surface area contributed by atoms with E-state index in [4.69, 9.17) is 4.74 Å². The number of carbonyl (C=O) groups is 1. The zero-order chi connectivity index (χ0) is 25.1. The van der Waals surface area contributed by atoms with Gasteiger partial charge in [-0.15, -0.1) is 0 Å². The van der Waals surface area contributed by atoms with Crippen molar-refractivity contribution in [2.24, 2.45) is 0 Å². The minimum Gasteiger partial charge on any atom is -0.486 e. The lowest BCUT2D eigenvalue weighted by molar-refractivity contribution is 0.102. The van der Waals surface area contributed by atoms with E-state index in [9.17, 15) is 4.79 Å². The number of anilines is 2. The molecular formula is C29H33N5O2. The minimum atomic E-state index is -0.191. The fourth-order valence-electron chi connectivity index (χ4n) is 4.70. The number of para-hydroxylation sites is 1. The molecule has 1 aliphatic rings. The molecule has 2 aromatic heterocycles. The van der Waals surface area contributed by atoms with E-state index in [1.165, 1.54) is 5.69 Å². The van der Waals surface area contributed by atoms with Crippen LogP contribution in [0.3, 0.4) is 0 Å². The Balaban J connectivity index is 1.26. The monoisotopic (exact) mass is 483 g/mol. The molecule has 1 saturated heterocycles. The largest absolute Gasteiger partial charge is 0.486 e. The highest BCUT2D eigenvalue weighted by atomic mass is 16.5. The summed E-state index contributed by atoms with van der Waals surface area (Å²) in [6.07, 6.45) is 3.93. The molecule has 2 aromatic carbocycles. The van der Waals surface area contributed by atoms with Gasteiger partial charge in [0.05, 0.1) is 11.3 Å². The molecule has 0 radical (unpaired) electrons. The topological polar surface area (TPSA) is 62.1 Å². The third-order valence-electron chi connectivity index (χ3n) is 6.88. The van der Waals surface area contributed by atoms with Gasteiger partial charge in [0.2, 0.25) is 0 Å². The third-order valence-corrected chi connectivity index (χ3v) is 6.88. The number of likely N-dealkylation sites (N-methyl/N-ethyl adjacent to an activating group) is 1. The number of hydrogen-bond acceptors (Lipinski definition) is 5. The van der Waals surface area contributed by atoms with E-state index in [-0.39, 0.29) is 12.5 Å². The highest BCUT2D eigenvalue weighted by Gasteiger charge is 2.18. The van der Waals surface area contributed by atoms with Crippen LogP contribution in [0.2, 0.25) is 0 Å². The Kier molecular flexibility index (Phi) is 6.91. The maximum absolute atomic E-state index is 13.2. The lowest BCUT2D eigenvalue weighted by Crippen LogP contribution is -2.46. The molecule has 36 heavy (non-hydrogen) atoms. The third kappa shape index (κ3) is 5.06. The summed E-state index contributed by atoms with van der Waals surface area (Å²) in [5.41, 5.74) is 6.37. The van der Waals surface area contributed by atoms with Crippen LogP contribution in [-0.2, 0) is 6.61 Å². The first-order valence-corrected chi connectivity index (χ1v) is 12.6. The Bertz CT molecular complexity index is 1370. The van der Waals surface area contributed by atoms with Crippen LogP contribution in [0.15, 0.2) is 67.0 Å². The molecule has 1 amide bonds. The standard InChI is InChI=1S/C29H33N5O2/c1-4-32-14-16-33(17-15-32)24-11-12-26(22(3)18-24)31-29(35)25-9-5-6-10-27(25)36-20-23-19-34-13-7-8-21(2)28(34)30-23/h5-13,18-19H,4,14-17,20H2,1-3H3,(H,31,35). The number of carbonyl (C=O) groups excluding carboxylic acids is 1. The van der Waals surface area contributed by atoms with Crippen LogP contribution in [0, 0.1) is 13.8 Å². The van der Waals surface area contributed by atoms with Crippen molar-refractivity contribution < 1.29 is 9.53 Å². The molecule has 0 aliphatic carbocycles. The molecule has 1 fully saturated rings. The van der Waals surface area contributed by atoms with E-state index in [1.54, 1.807) is 6.07 Å². The Labute approximate surface area is 212 Å². The highest BCUT2D eigenvalue weighted by Crippen LogP contribution is 2.26. The molecule has 0 saturated carbocycles. The van der Waals surface area contributed by atoms with Crippen LogP contribution < -0.4 is 15.0 Å². The van der Waals surface area contributed by atoms with Crippen molar-refractivity contribution in [3.63, 3.8) is 0 Å². The first-order chi connectivity index (χ1) is 17.5. The number of aromatic nitrogens is 2. The fourth-order valence-corrected chi connectivity index (χ4v) is 4.70. The molecule has 1 aliphatic heterocycles. The van der Waals surface area contributed by atoms with Crippen LogP contribution in [0.25, 0.3) is 5.65 Å². The molecule has 3 heterocycles. The van der Waals surface area contributed by atoms with Gasteiger partial charge >= 0.3 is 0 Å². The normalized spacial score (nSPS) is 14.2. The number of amides is 1. The summed E-state index contributed by atoms with van der Waals surface area (Å²) >= 11 is 0. The summed E-state index contributed by atoms with van der Waals surface area (Å²) in [4.78, 5) is 22.8. The quantitative estimate of drug-likeness (QED) is 0.404. The zero-order valence-electron chi connectivity index (χ0n) is 21.2. The van der Waals surface area contributed by atoms with Gasteiger partial charge in [-0.2, -0.15) is 0 Å². The average Bonchev–Trinajstić information content (AvgIpc) is 3.33. The average molecular weight is 484 g/mol. The van der Waals surface area contributed by atoms with Crippen LogP contribution >= 0.6 is 0 Å². The van der Waals surface area contributed by atoms with Gasteiger partial charge in [0.1, 0.15) is 18.0 Å². The van der Waals surface area contributed by atoms with Crippen molar-refractivity contribution in [3.8, 4) is 5.75 Å². The predicted octanol–water partition coefficient (Wildman–Crippen LogP) is 4.92. The highest BCUT2D eigenvalue weighted by molar-refractivity contribution is 6.06. The molecule has 7 nitrogen and oxygen atoms in total. The second kappa shape index (κ2) is 10.4. The van der Waals surface area contributed by atoms with Gasteiger partial charge in [-0.3, -0.25) is 4.79 Å². The Morgan fingerprint density at radius 2 is 1.81 bits per heavy atom. The summed E-state index contributed by atoms with van der Waals surface area (Å²) in [5, 5.41) is 3.07. The van der Waals surface area contributed by atoms with E-state index in [0.29, 0.717) is 11.3 Å². The molecule has 5 rings (SSSR count). The van der Waals surface area contributed by atoms with E-state index < -0.39 is 0 Å². The summed E-state index contributed by atoms with van der Waals surface area (Å²) < 4.78 is 8.04. The van der Waals surface area contributed by atoms with Crippen LogP contribution in [-0.4, -0.2) is 52.9 Å². The van der Waals surface area contributed by atoms with E-state index in [0.717, 1.165) is 60.9 Å². The predicted molar refractivity (Wildman–Crippen MR) is 144 cm³/mol. The lowest BCUT2D eigenvalue weighted by atomic mass is 10.1. The zero-order valence-corrected chi connectivity index (χ0v) is 21.2. The van der Waals surface area contributed by atoms with Gasteiger partial charge in [0, 0.05) is 49.9 Å². The molecule has 1 N–H and O–H groups in total. The van der Waals surface area contributed by atoms with Crippen molar-refractivity contribution in [2.45, 2.75) is 27.4 Å². The van der Waals surface area contributed by atoms with E-state index >= 15 is 0 Å². The van der Waals surface area contributed by atoms with Crippen LogP contribution in [0.1, 0.15) is 34.1 Å². The maximum atomic E-state index is 13.2. The first-order valence-electron chi connectivity index (χ1n) is 12.6. The molecule has 0 atom stereocenters. The Hall–Kier alpha value is -3.84. The Morgan fingerprint density at radius 3 is 2.56 bits per heavy atom. The van der Waals surface area contributed by atoms with Crippen molar-refractivity contribution in [1.82, 2.24) is 14.3 Å². The number of piperazine rings is 1. The Morgan fingerprint density at radius 1 is 1.00 bits per heavy atom. The fraction of sp³-hybridized carbons (Fsp3) is 0.310. The molecular weight excluding hydrogens is 450 g/mol. The summed E-state index contributed by atoms with van der Waals surface area (Å²) in [7, 11) is 0. The minimum absolute atomic E-state index is 0.191. The summed E-state index contributed by atoms with van der Waals surface area (Å²) in [5.74, 6) is 0.343. The number of aryl methyl sites for hydroxylation is 2. The number of nitrogens with one attached hydrogen (secondary N) is 1. The summed E-state index contributed by atoms with van der Waals surface area (Å²) in [6, 6.07) is 17.6. The smallest absolute Gasteiger partial charge is 0.259 e. The van der Waals surface area contributed by atoms with Gasteiger partial charge in [-0.25, -0.2) is 4.98 Å². The van der Waals surface area contributed by atoms with Crippen molar-refractivity contribution >= 4 is 22.9 Å². The van der Waals surface area contributed by atoms with E-state index in [2.05, 4.69) is 39.2 Å². The van der Waals surface area contributed by atoms with Crippen molar-refractivity contribution in [2.75, 3.05) is 42.9 Å². The molecule has 186 valence electrons. The van der Waals surface area contributed by atoms with Crippen molar-refractivity contribution in [1.29, 1.82) is 0 Å². The van der Waals surface area contributed by atoms with E-state index in [1.807, 2.05) is 67.0 Å². The number of rotatable bonds is 7. The first kappa shape index (κ1) is 23.9. The molecule has 0 spiro atoms. The van der Waals surface area contributed by atoms with Gasteiger partial charge in [-0.1, -0.05) is 25.1 Å². The second-order valence-electron chi connectivity index (χ2n) is 9.31. The number of benzene rings is 2. The number of fused-ring (bicyclic) bond motifs is 1. The molecule has 4 aromatic rings. The van der Waals surface area contributed by atoms with Gasteiger partial charge in [0.25, 0.3) is 5.91 Å². The number of ether oxygens (including phenoxy) is 1. The number of pyridine rings is 1. The maximum Gasteiger partial charge on any atom is 0.259 e. The number of hydrogen-bond donors (Lipinski definition) is 1. The van der Waals surface area contributed by atoms with Gasteiger partial charge in [-0.05, 0) is 67.9 Å². The molecule has 7 heteroatoms. The van der Waals surface area contributed by atoms with Crippen molar-refractivity contribution in [3.05, 3.63) is 89.4 Å². The van der Waals surface area contributed by atoms with Crippen LogP contribution in [0.5, 0.6) is 5.75 Å². The molecule has 0 bridgehead atoms. The lowest BCUT2D eigenvalue weighted by Gasteiger charge is -2.35. The summed E-state index contributed by atoms with van der Waals surface area (Å²) in [6.45, 7) is 11.9. The second-order valence-corrected chi connectivity index (χ2v) is 9.31. The van der Waals surface area contributed by atoms with Crippen LogP contribution in [0.4, 0.5) is 11.4 Å². The van der Waals surface area contributed by atoms with Gasteiger partial charge < -0.3 is 24.3 Å². The number of imidazole rings is 1.